The molecule has 0 heterocycles. The van der Waals surface area contributed by atoms with Crippen LogP contribution < -0.4 is 15.4 Å². The van der Waals surface area contributed by atoms with Gasteiger partial charge in [0, 0.05) is 12.5 Å². The normalized spacial score (nSPS) is 12.5. The first-order valence-corrected chi connectivity index (χ1v) is 15.6. The lowest BCUT2D eigenvalue weighted by Gasteiger charge is -2.23. The summed E-state index contributed by atoms with van der Waals surface area (Å²) in [6.45, 7) is 6.71. The standard InChI is InChI=1S/C40H38N2O4/c1-26-12-15-29(16-13-26)23-41-38(43)25-45-31-19-17-30(18-20-31)39(32-21-14-27(2)22-28(32)3)42-40(44)46-24-37-35-10-6-4-8-33(35)34-9-5-7-11-36(34)37/h4-22,37,39H,23-25H2,1-3H3,(H,41,43)(H,42,44). The SMILES string of the molecule is Cc1ccc(CNC(=O)COc2ccc(C(NC(=O)OCC3c4ccccc4-c4ccccc43)c3ccc(C)cc3C)cc2)cc1. The molecule has 5 aromatic rings. The molecule has 0 saturated carbocycles. The van der Waals surface area contributed by atoms with Gasteiger partial charge in [-0.2, -0.15) is 0 Å². The van der Waals surface area contributed by atoms with E-state index in [-0.39, 0.29) is 25.0 Å². The number of aryl methyl sites for hydroxylation is 3. The van der Waals surface area contributed by atoms with Crippen LogP contribution in [0.1, 0.15) is 56.5 Å². The summed E-state index contributed by atoms with van der Waals surface area (Å²) in [7, 11) is 0. The number of hydrogen-bond acceptors (Lipinski definition) is 4. The molecule has 0 spiro atoms. The molecule has 6 nitrogen and oxygen atoms in total. The summed E-state index contributed by atoms with van der Waals surface area (Å²) in [4.78, 5) is 25.8. The fourth-order valence-corrected chi connectivity index (χ4v) is 6.11. The van der Waals surface area contributed by atoms with Crippen LogP contribution in [0.4, 0.5) is 4.79 Å². The predicted octanol–water partition coefficient (Wildman–Crippen LogP) is 7.94. The Hall–Kier alpha value is -5.36. The second-order valence-corrected chi connectivity index (χ2v) is 11.9. The third-order valence-electron chi connectivity index (χ3n) is 8.54. The van der Waals surface area contributed by atoms with E-state index in [1.807, 2.05) is 106 Å². The molecule has 0 saturated heterocycles. The number of fused-ring (bicyclic) bond motifs is 3. The minimum Gasteiger partial charge on any atom is -0.484 e. The molecule has 5 aromatic carbocycles. The summed E-state index contributed by atoms with van der Waals surface area (Å²) in [6, 6.07) is 37.8. The second-order valence-electron chi connectivity index (χ2n) is 11.9. The number of carbonyl (C=O) groups excluding carboxylic acids is 2. The lowest BCUT2D eigenvalue weighted by Crippen LogP contribution is -2.31. The number of hydrogen-bond donors (Lipinski definition) is 2. The molecule has 0 aliphatic heterocycles. The largest absolute Gasteiger partial charge is 0.484 e. The molecule has 1 atom stereocenters. The number of ether oxygens (including phenoxy) is 2. The van der Waals surface area contributed by atoms with Crippen molar-refractivity contribution in [3.05, 3.63) is 160 Å². The van der Waals surface area contributed by atoms with Gasteiger partial charge >= 0.3 is 6.09 Å². The summed E-state index contributed by atoms with van der Waals surface area (Å²) in [5.74, 6) is 0.340. The summed E-state index contributed by atoms with van der Waals surface area (Å²) >= 11 is 0. The van der Waals surface area contributed by atoms with Crippen LogP contribution in [0.15, 0.2) is 115 Å². The Labute approximate surface area is 270 Å². The number of carbonyl (C=O) groups is 2. The molecular weight excluding hydrogens is 572 g/mol. The molecule has 46 heavy (non-hydrogen) atoms. The third-order valence-corrected chi connectivity index (χ3v) is 8.54. The van der Waals surface area contributed by atoms with Gasteiger partial charge in [-0.25, -0.2) is 4.79 Å². The average Bonchev–Trinajstić information content (AvgIpc) is 3.39. The Bertz CT molecular complexity index is 1800. The average molecular weight is 611 g/mol. The van der Waals surface area contributed by atoms with Gasteiger partial charge in [-0.1, -0.05) is 114 Å². The minimum absolute atomic E-state index is 0.0248. The smallest absolute Gasteiger partial charge is 0.407 e. The number of amides is 2. The van der Waals surface area contributed by atoms with E-state index in [0.29, 0.717) is 12.3 Å². The first kappa shape index (κ1) is 30.7. The van der Waals surface area contributed by atoms with Crippen molar-refractivity contribution in [1.82, 2.24) is 10.6 Å². The van der Waals surface area contributed by atoms with E-state index in [1.165, 1.54) is 27.8 Å². The summed E-state index contributed by atoms with van der Waals surface area (Å²) in [6.07, 6.45) is -0.489. The summed E-state index contributed by atoms with van der Waals surface area (Å²) < 4.78 is 11.7. The molecule has 1 unspecified atom stereocenters. The van der Waals surface area contributed by atoms with E-state index in [9.17, 15) is 9.59 Å². The van der Waals surface area contributed by atoms with Crippen LogP contribution in [0, 0.1) is 20.8 Å². The van der Waals surface area contributed by atoms with Gasteiger partial charge in [-0.3, -0.25) is 4.79 Å². The first-order valence-electron chi connectivity index (χ1n) is 15.6. The molecule has 0 fully saturated rings. The van der Waals surface area contributed by atoms with Crippen LogP contribution in [-0.4, -0.2) is 25.2 Å². The molecule has 6 rings (SSSR count). The van der Waals surface area contributed by atoms with Gasteiger partial charge in [0.15, 0.2) is 6.61 Å². The molecule has 6 heteroatoms. The van der Waals surface area contributed by atoms with Crippen molar-refractivity contribution in [3.8, 4) is 16.9 Å². The van der Waals surface area contributed by atoms with Crippen LogP contribution in [0.5, 0.6) is 5.75 Å². The maximum Gasteiger partial charge on any atom is 0.407 e. The predicted molar refractivity (Wildman–Crippen MR) is 181 cm³/mol. The Kier molecular flexibility index (Phi) is 9.15. The highest BCUT2D eigenvalue weighted by atomic mass is 16.5. The quantitative estimate of drug-likeness (QED) is 0.168. The van der Waals surface area contributed by atoms with Gasteiger partial charge < -0.3 is 20.1 Å². The topological polar surface area (TPSA) is 76.7 Å². The zero-order valence-corrected chi connectivity index (χ0v) is 26.4. The van der Waals surface area contributed by atoms with E-state index >= 15 is 0 Å². The highest BCUT2D eigenvalue weighted by molar-refractivity contribution is 5.79. The van der Waals surface area contributed by atoms with Crippen LogP contribution in [0.25, 0.3) is 11.1 Å². The van der Waals surface area contributed by atoms with Crippen molar-refractivity contribution in [1.29, 1.82) is 0 Å². The van der Waals surface area contributed by atoms with Crippen molar-refractivity contribution in [3.63, 3.8) is 0 Å². The lowest BCUT2D eigenvalue weighted by molar-refractivity contribution is -0.123. The molecule has 1 aliphatic carbocycles. The van der Waals surface area contributed by atoms with Crippen LogP contribution in [0.2, 0.25) is 0 Å². The Morgan fingerprint density at radius 3 is 2.02 bits per heavy atom. The van der Waals surface area contributed by atoms with E-state index in [0.717, 1.165) is 27.8 Å². The van der Waals surface area contributed by atoms with Crippen molar-refractivity contribution < 1.29 is 19.1 Å². The second kappa shape index (κ2) is 13.7. The van der Waals surface area contributed by atoms with Crippen molar-refractivity contribution in [2.75, 3.05) is 13.2 Å². The molecule has 1 aliphatic rings. The first-order chi connectivity index (χ1) is 22.4. The Morgan fingerprint density at radius 2 is 1.37 bits per heavy atom. The van der Waals surface area contributed by atoms with Gasteiger partial charge in [-0.05, 0) is 77.4 Å². The van der Waals surface area contributed by atoms with Crippen LogP contribution in [0.3, 0.4) is 0 Å². The molecule has 0 radical (unpaired) electrons. The fourth-order valence-electron chi connectivity index (χ4n) is 6.11. The van der Waals surface area contributed by atoms with Gasteiger partial charge in [0.25, 0.3) is 5.91 Å². The number of benzene rings is 5. The maximum atomic E-state index is 13.4. The van der Waals surface area contributed by atoms with E-state index in [1.54, 1.807) is 0 Å². The van der Waals surface area contributed by atoms with Crippen molar-refractivity contribution in [2.45, 2.75) is 39.3 Å². The van der Waals surface area contributed by atoms with Crippen LogP contribution in [-0.2, 0) is 16.1 Å². The number of alkyl carbamates (subject to hydrolysis) is 1. The van der Waals surface area contributed by atoms with E-state index < -0.39 is 12.1 Å². The lowest BCUT2D eigenvalue weighted by atomic mass is 9.94. The zero-order chi connectivity index (χ0) is 32.0. The van der Waals surface area contributed by atoms with Gasteiger partial charge in [0.2, 0.25) is 0 Å². The highest BCUT2D eigenvalue weighted by Crippen LogP contribution is 2.44. The zero-order valence-electron chi connectivity index (χ0n) is 26.4. The fraction of sp³-hybridized carbons (Fsp3) is 0.200. The van der Waals surface area contributed by atoms with E-state index in [4.69, 9.17) is 9.47 Å². The molecule has 0 aromatic heterocycles. The Balaban J connectivity index is 1.12. The molecule has 2 amide bonds. The number of rotatable bonds is 10. The van der Waals surface area contributed by atoms with Gasteiger partial charge in [0.1, 0.15) is 12.4 Å². The molecule has 232 valence electrons. The monoisotopic (exact) mass is 610 g/mol. The van der Waals surface area contributed by atoms with Crippen molar-refractivity contribution in [2.24, 2.45) is 0 Å². The highest BCUT2D eigenvalue weighted by Gasteiger charge is 2.29. The summed E-state index contributed by atoms with van der Waals surface area (Å²) in [5.41, 5.74) is 11.0. The maximum absolute atomic E-state index is 13.4. The molecule has 2 N–H and O–H groups in total. The number of nitrogens with one attached hydrogen (secondary N) is 2. The molecule has 0 bridgehead atoms. The third kappa shape index (κ3) is 6.97. The molecular formula is C40H38N2O4. The summed E-state index contributed by atoms with van der Waals surface area (Å²) in [5, 5.41) is 6.01. The van der Waals surface area contributed by atoms with Crippen LogP contribution >= 0.6 is 0 Å². The minimum atomic E-state index is -0.489. The van der Waals surface area contributed by atoms with Gasteiger partial charge in [0.05, 0.1) is 6.04 Å². The Morgan fingerprint density at radius 1 is 0.739 bits per heavy atom. The van der Waals surface area contributed by atoms with Crippen molar-refractivity contribution >= 4 is 12.0 Å². The van der Waals surface area contributed by atoms with E-state index in [2.05, 4.69) is 41.0 Å². The van der Waals surface area contributed by atoms with Gasteiger partial charge in [-0.15, -0.1) is 0 Å².